The lowest BCUT2D eigenvalue weighted by Gasteiger charge is -2.08. The number of nitrogens with one attached hydrogen (secondary N) is 1. The van der Waals surface area contributed by atoms with E-state index in [4.69, 9.17) is 4.74 Å². The molecule has 1 aromatic heterocycles. The molecule has 1 heterocycles. The summed E-state index contributed by atoms with van der Waals surface area (Å²) in [5.74, 6) is -0.823. The van der Waals surface area contributed by atoms with E-state index in [0.717, 1.165) is 15.7 Å². The van der Waals surface area contributed by atoms with Crippen LogP contribution < -0.4 is 5.32 Å². The molecule has 7 heteroatoms. The zero-order valence-electron chi connectivity index (χ0n) is 13.8. The van der Waals surface area contributed by atoms with Crippen molar-refractivity contribution in [3.63, 3.8) is 0 Å². The Balaban J connectivity index is 1.46. The molecule has 1 N–H and O–H groups in total. The van der Waals surface area contributed by atoms with Gasteiger partial charge in [0.25, 0.3) is 5.91 Å². The van der Waals surface area contributed by atoms with Gasteiger partial charge in [-0.15, -0.1) is 0 Å². The van der Waals surface area contributed by atoms with E-state index >= 15 is 0 Å². The second-order valence-corrected chi connectivity index (χ2v) is 6.39. The first-order chi connectivity index (χ1) is 12.6. The van der Waals surface area contributed by atoms with Crippen molar-refractivity contribution in [2.24, 2.45) is 0 Å². The Labute approximate surface area is 158 Å². The first kappa shape index (κ1) is 17.9. The van der Waals surface area contributed by atoms with E-state index in [-0.39, 0.29) is 19.1 Å². The molecule has 0 aliphatic carbocycles. The van der Waals surface area contributed by atoms with Gasteiger partial charge in [0.1, 0.15) is 13.2 Å². The third kappa shape index (κ3) is 4.80. The minimum atomic E-state index is -0.496. The van der Waals surface area contributed by atoms with Crippen LogP contribution >= 0.6 is 15.9 Å². The Bertz CT molecular complexity index is 893. The van der Waals surface area contributed by atoms with Crippen LogP contribution in [0.15, 0.2) is 71.5 Å². The molecule has 0 radical (unpaired) electrons. The zero-order chi connectivity index (χ0) is 18.4. The number of halogens is 1. The van der Waals surface area contributed by atoms with Crippen LogP contribution in [0.1, 0.15) is 15.9 Å². The van der Waals surface area contributed by atoms with Gasteiger partial charge in [-0.2, -0.15) is 5.10 Å². The molecule has 3 rings (SSSR count). The summed E-state index contributed by atoms with van der Waals surface area (Å²) in [6.45, 7) is -0.0400. The number of carbonyl (C=O) groups is 2. The van der Waals surface area contributed by atoms with E-state index in [0.29, 0.717) is 5.56 Å². The molecule has 0 spiro atoms. The number of carbonyl (C=O) groups excluding carboxylic acids is 2. The molecule has 0 saturated carbocycles. The van der Waals surface area contributed by atoms with E-state index in [1.54, 1.807) is 29.1 Å². The Morgan fingerprint density at radius 1 is 1.12 bits per heavy atom. The molecule has 132 valence electrons. The van der Waals surface area contributed by atoms with Crippen molar-refractivity contribution < 1.29 is 14.3 Å². The topological polar surface area (TPSA) is 73.2 Å². The van der Waals surface area contributed by atoms with Crippen LogP contribution in [0.2, 0.25) is 0 Å². The first-order valence-corrected chi connectivity index (χ1v) is 8.69. The molecule has 0 saturated heterocycles. The number of rotatable bonds is 6. The predicted molar refractivity (Wildman–Crippen MR) is 99.8 cm³/mol. The van der Waals surface area contributed by atoms with E-state index in [1.807, 2.05) is 42.6 Å². The van der Waals surface area contributed by atoms with Crippen molar-refractivity contribution in [3.8, 4) is 5.69 Å². The van der Waals surface area contributed by atoms with Crippen molar-refractivity contribution >= 4 is 27.8 Å². The highest BCUT2D eigenvalue weighted by Gasteiger charge is 2.09. The minimum Gasteiger partial charge on any atom is -0.460 e. The normalized spacial score (nSPS) is 10.3. The molecule has 6 nitrogen and oxygen atoms in total. The van der Waals surface area contributed by atoms with Crippen molar-refractivity contribution in [2.45, 2.75) is 6.61 Å². The van der Waals surface area contributed by atoms with Gasteiger partial charge in [0.2, 0.25) is 0 Å². The fourth-order valence-electron chi connectivity index (χ4n) is 2.27. The van der Waals surface area contributed by atoms with Crippen molar-refractivity contribution in [2.75, 3.05) is 6.54 Å². The lowest BCUT2D eigenvalue weighted by molar-refractivity contribution is -0.143. The average molecular weight is 414 g/mol. The van der Waals surface area contributed by atoms with Crippen LogP contribution in [0.3, 0.4) is 0 Å². The SMILES string of the molecule is O=C(CNC(=O)c1cccc(Br)c1)OCc1ccc(-n2cccn2)cc1. The number of ether oxygens (including phenoxy) is 1. The number of aromatic nitrogens is 2. The molecular weight excluding hydrogens is 398 g/mol. The highest BCUT2D eigenvalue weighted by atomic mass is 79.9. The summed E-state index contributed by atoms with van der Waals surface area (Å²) in [6.07, 6.45) is 3.56. The zero-order valence-corrected chi connectivity index (χ0v) is 15.3. The molecule has 0 atom stereocenters. The van der Waals surface area contributed by atoms with Crippen LogP contribution in [0.25, 0.3) is 5.69 Å². The lowest BCUT2D eigenvalue weighted by atomic mass is 10.2. The molecule has 0 unspecified atom stereocenters. The summed E-state index contributed by atoms with van der Waals surface area (Å²) < 4.78 is 7.72. The van der Waals surface area contributed by atoms with Crippen LogP contribution in [0, 0.1) is 0 Å². The van der Waals surface area contributed by atoms with E-state index in [2.05, 4.69) is 26.3 Å². The molecule has 2 aromatic carbocycles. The molecule has 26 heavy (non-hydrogen) atoms. The third-order valence-electron chi connectivity index (χ3n) is 3.59. The number of hydrogen-bond acceptors (Lipinski definition) is 4. The molecule has 1 amide bonds. The summed E-state index contributed by atoms with van der Waals surface area (Å²) in [5, 5.41) is 6.69. The molecular formula is C19H16BrN3O3. The fourth-order valence-corrected chi connectivity index (χ4v) is 2.66. The summed E-state index contributed by atoms with van der Waals surface area (Å²) in [4.78, 5) is 23.8. The second kappa shape index (κ2) is 8.44. The van der Waals surface area contributed by atoms with Crippen molar-refractivity contribution in [3.05, 3.63) is 82.6 Å². The summed E-state index contributed by atoms with van der Waals surface area (Å²) in [5.41, 5.74) is 2.25. The smallest absolute Gasteiger partial charge is 0.325 e. The van der Waals surface area contributed by atoms with E-state index in [9.17, 15) is 9.59 Å². The van der Waals surface area contributed by atoms with E-state index in [1.165, 1.54) is 0 Å². The summed E-state index contributed by atoms with van der Waals surface area (Å²) in [6, 6.07) is 16.3. The van der Waals surface area contributed by atoms with Gasteiger partial charge in [-0.3, -0.25) is 9.59 Å². The predicted octanol–water partition coefficient (Wildman–Crippen LogP) is 3.11. The van der Waals surface area contributed by atoms with Gasteiger partial charge in [-0.05, 0) is 42.0 Å². The van der Waals surface area contributed by atoms with Gasteiger partial charge in [-0.1, -0.05) is 34.1 Å². The maximum absolute atomic E-state index is 12.0. The number of amides is 1. The molecule has 0 aliphatic rings. The van der Waals surface area contributed by atoms with Gasteiger partial charge in [0.05, 0.1) is 5.69 Å². The fraction of sp³-hybridized carbons (Fsp3) is 0.105. The third-order valence-corrected chi connectivity index (χ3v) is 4.08. The lowest BCUT2D eigenvalue weighted by Crippen LogP contribution is -2.30. The number of esters is 1. The van der Waals surface area contributed by atoms with Gasteiger partial charge >= 0.3 is 5.97 Å². The second-order valence-electron chi connectivity index (χ2n) is 5.47. The highest BCUT2D eigenvalue weighted by Crippen LogP contribution is 2.11. The van der Waals surface area contributed by atoms with Crippen LogP contribution in [0.4, 0.5) is 0 Å². The Morgan fingerprint density at radius 3 is 2.62 bits per heavy atom. The maximum atomic E-state index is 12.0. The van der Waals surface area contributed by atoms with Crippen LogP contribution in [0.5, 0.6) is 0 Å². The van der Waals surface area contributed by atoms with Crippen molar-refractivity contribution in [1.82, 2.24) is 15.1 Å². The molecule has 0 aliphatic heterocycles. The van der Waals surface area contributed by atoms with E-state index < -0.39 is 5.97 Å². The van der Waals surface area contributed by atoms with Crippen LogP contribution in [-0.2, 0) is 16.1 Å². The number of hydrogen-bond donors (Lipinski definition) is 1. The van der Waals surface area contributed by atoms with Gasteiger partial charge < -0.3 is 10.1 Å². The summed E-state index contributed by atoms with van der Waals surface area (Å²) in [7, 11) is 0. The number of benzene rings is 2. The molecule has 0 bridgehead atoms. The number of nitrogens with zero attached hydrogens (tertiary/aromatic N) is 2. The van der Waals surface area contributed by atoms with Gasteiger partial charge in [0, 0.05) is 22.4 Å². The monoisotopic (exact) mass is 413 g/mol. The van der Waals surface area contributed by atoms with Gasteiger partial charge in [-0.25, -0.2) is 4.68 Å². The first-order valence-electron chi connectivity index (χ1n) is 7.90. The molecule has 3 aromatic rings. The quantitative estimate of drug-likeness (QED) is 0.630. The Kier molecular flexibility index (Phi) is 5.80. The average Bonchev–Trinajstić information content (AvgIpc) is 3.19. The molecule has 0 fully saturated rings. The van der Waals surface area contributed by atoms with Crippen molar-refractivity contribution in [1.29, 1.82) is 0 Å². The Morgan fingerprint density at radius 2 is 1.92 bits per heavy atom. The minimum absolute atomic E-state index is 0.144. The van der Waals surface area contributed by atoms with Crippen LogP contribution in [-0.4, -0.2) is 28.2 Å². The van der Waals surface area contributed by atoms with Gasteiger partial charge in [0.15, 0.2) is 0 Å². The standard InChI is InChI=1S/C19H16BrN3O3/c20-16-4-1-3-15(11-16)19(25)21-12-18(24)26-13-14-5-7-17(8-6-14)23-10-2-9-22-23/h1-11H,12-13H2,(H,21,25). The summed E-state index contributed by atoms with van der Waals surface area (Å²) >= 11 is 3.30. The Hall–Kier alpha value is -2.93. The highest BCUT2D eigenvalue weighted by molar-refractivity contribution is 9.10. The largest absolute Gasteiger partial charge is 0.460 e. The maximum Gasteiger partial charge on any atom is 0.325 e.